The Morgan fingerprint density at radius 1 is 1.43 bits per heavy atom. The molecule has 14 heavy (non-hydrogen) atoms. The normalized spacial score (nSPS) is 9.50. The van der Waals surface area contributed by atoms with Crippen molar-refractivity contribution in [3.05, 3.63) is 42.1 Å². The monoisotopic (exact) mass is 189 g/mol. The number of amidine groups is 1. The van der Waals surface area contributed by atoms with E-state index >= 15 is 0 Å². The highest BCUT2D eigenvalue weighted by Gasteiger charge is 1.96. The molecular weight excluding hydrogens is 174 g/mol. The van der Waals surface area contributed by atoms with Crippen molar-refractivity contribution >= 4 is 11.5 Å². The summed E-state index contributed by atoms with van der Waals surface area (Å²) in [6.07, 6.45) is 0.897. The molecule has 0 aliphatic rings. The van der Waals surface area contributed by atoms with E-state index in [0.717, 1.165) is 23.4 Å². The number of nitrogen functional groups attached to an aromatic ring is 1. The van der Waals surface area contributed by atoms with Crippen LogP contribution in [0.1, 0.15) is 18.9 Å². The van der Waals surface area contributed by atoms with E-state index in [0.29, 0.717) is 0 Å². The van der Waals surface area contributed by atoms with E-state index in [1.807, 2.05) is 31.2 Å². The molecule has 0 amide bonds. The summed E-state index contributed by atoms with van der Waals surface area (Å²) < 4.78 is 0. The minimum absolute atomic E-state index is 0.0888. The number of rotatable bonds is 4. The van der Waals surface area contributed by atoms with Crippen LogP contribution in [0.2, 0.25) is 0 Å². The van der Waals surface area contributed by atoms with Crippen LogP contribution in [0.25, 0.3) is 0 Å². The van der Waals surface area contributed by atoms with Gasteiger partial charge in [-0.25, -0.2) is 0 Å². The maximum absolute atomic E-state index is 7.22. The fraction of sp³-hybridized carbons (Fsp3) is 0.182. The predicted molar refractivity (Wildman–Crippen MR) is 60.5 cm³/mol. The topological polar surface area (TPSA) is 61.9 Å². The first-order valence-corrected chi connectivity index (χ1v) is 4.52. The number of allylic oxidation sites excluding steroid dienone is 1. The van der Waals surface area contributed by atoms with Gasteiger partial charge in [-0.05, 0) is 30.7 Å². The Hall–Kier alpha value is -1.77. The standard InChI is InChI=1S/C11H15N3/c1-3-8(2)14-10-6-4-9(5-7-10)11(12)13/h4-7,14H,2-3H2,1H3,(H3,12,13). The molecule has 0 atom stereocenters. The van der Waals surface area contributed by atoms with E-state index in [2.05, 4.69) is 11.9 Å². The average Bonchev–Trinajstić information content (AvgIpc) is 2.18. The lowest BCUT2D eigenvalue weighted by molar-refractivity contribution is 1.11. The van der Waals surface area contributed by atoms with Gasteiger partial charge in [-0.3, -0.25) is 5.41 Å². The number of benzene rings is 1. The predicted octanol–water partition coefficient (Wildman–Crippen LogP) is 2.31. The Morgan fingerprint density at radius 2 is 2.00 bits per heavy atom. The van der Waals surface area contributed by atoms with Gasteiger partial charge in [-0.1, -0.05) is 13.5 Å². The first kappa shape index (κ1) is 10.3. The Balaban J connectivity index is 2.73. The minimum atomic E-state index is 0.0888. The molecule has 0 unspecified atom stereocenters. The maximum Gasteiger partial charge on any atom is 0.122 e. The average molecular weight is 189 g/mol. The van der Waals surface area contributed by atoms with Crippen LogP contribution >= 0.6 is 0 Å². The van der Waals surface area contributed by atoms with Crippen LogP contribution in [-0.4, -0.2) is 5.84 Å². The van der Waals surface area contributed by atoms with E-state index in [1.165, 1.54) is 0 Å². The molecule has 0 fully saturated rings. The van der Waals surface area contributed by atoms with Crippen molar-refractivity contribution in [3.63, 3.8) is 0 Å². The Morgan fingerprint density at radius 3 is 2.43 bits per heavy atom. The van der Waals surface area contributed by atoms with Crippen molar-refractivity contribution in [1.82, 2.24) is 0 Å². The summed E-state index contributed by atoms with van der Waals surface area (Å²) in [5.74, 6) is 0.0888. The highest BCUT2D eigenvalue weighted by molar-refractivity contribution is 5.95. The van der Waals surface area contributed by atoms with E-state index in [1.54, 1.807) is 0 Å². The van der Waals surface area contributed by atoms with Crippen LogP contribution in [0.15, 0.2) is 36.5 Å². The smallest absolute Gasteiger partial charge is 0.122 e. The molecule has 4 N–H and O–H groups in total. The third-order valence-electron chi connectivity index (χ3n) is 1.94. The van der Waals surface area contributed by atoms with Gasteiger partial charge in [0, 0.05) is 16.9 Å². The third kappa shape index (κ3) is 2.62. The summed E-state index contributed by atoms with van der Waals surface area (Å²) in [7, 11) is 0. The third-order valence-corrected chi connectivity index (χ3v) is 1.94. The molecule has 1 rings (SSSR count). The van der Waals surface area contributed by atoms with Gasteiger partial charge in [-0.2, -0.15) is 0 Å². The second-order valence-corrected chi connectivity index (χ2v) is 3.07. The number of anilines is 1. The van der Waals surface area contributed by atoms with Gasteiger partial charge in [0.25, 0.3) is 0 Å². The van der Waals surface area contributed by atoms with Crippen molar-refractivity contribution in [2.24, 2.45) is 5.73 Å². The van der Waals surface area contributed by atoms with Gasteiger partial charge in [0.05, 0.1) is 0 Å². The van der Waals surface area contributed by atoms with Crippen LogP contribution in [0, 0.1) is 5.41 Å². The minimum Gasteiger partial charge on any atom is -0.384 e. The van der Waals surface area contributed by atoms with Crippen molar-refractivity contribution < 1.29 is 0 Å². The van der Waals surface area contributed by atoms with E-state index < -0.39 is 0 Å². The number of hydrogen-bond donors (Lipinski definition) is 3. The van der Waals surface area contributed by atoms with Gasteiger partial charge in [0.2, 0.25) is 0 Å². The van der Waals surface area contributed by atoms with E-state index in [9.17, 15) is 0 Å². The van der Waals surface area contributed by atoms with Gasteiger partial charge >= 0.3 is 0 Å². The van der Waals surface area contributed by atoms with Gasteiger partial charge in [-0.15, -0.1) is 0 Å². The Bertz CT molecular complexity index is 338. The number of nitrogens with two attached hydrogens (primary N) is 1. The summed E-state index contributed by atoms with van der Waals surface area (Å²) in [6, 6.07) is 7.40. The maximum atomic E-state index is 7.22. The second-order valence-electron chi connectivity index (χ2n) is 3.07. The van der Waals surface area contributed by atoms with Crippen LogP contribution < -0.4 is 11.1 Å². The molecule has 1 aromatic rings. The number of nitrogens with one attached hydrogen (secondary N) is 2. The molecule has 0 aliphatic carbocycles. The van der Waals surface area contributed by atoms with Gasteiger partial charge < -0.3 is 11.1 Å². The highest BCUT2D eigenvalue weighted by Crippen LogP contribution is 2.12. The van der Waals surface area contributed by atoms with Crippen LogP contribution in [0.5, 0.6) is 0 Å². The molecule has 0 aliphatic heterocycles. The summed E-state index contributed by atoms with van der Waals surface area (Å²) in [5, 5.41) is 10.4. The zero-order valence-electron chi connectivity index (χ0n) is 8.30. The van der Waals surface area contributed by atoms with Crippen molar-refractivity contribution in [2.75, 3.05) is 5.32 Å². The fourth-order valence-electron chi connectivity index (χ4n) is 1.03. The molecule has 3 heteroatoms. The summed E-state index contributed by atoms with van der Waals surface area (Å²) in [6.45, 7) is 5.89. The first-order chi connectivity index (χ1) is 6.63. The summed E-state index contributed by atoms with van der Waals surface area (Å²) in [4.78, 5) is 0. The molecule has 0 saturated carbocycles. The van der Waals surface area contributed by atoms with Gasteiger partial charge in [0.1, 0.15) is 5.84 Å². The molecule has 1 aromatic carbocycles. The van der Waals surface area contributed by atoms with E-state index in [-0.39, 0.29) is 5.84 Å². The summed E-state index contributed by atoms with van der Waals surface area (Å²) in [5.41, 5.74) is 8.02. The number of hydrogen-bond acceptors (Lipinski definition) is 2. The van der Waals surface area contributed by atoms with E-state index in [4.69, 9.17) is 11.1 Å². The highest BCUT2D eigenvalue weighted by atomic mass is 14.9. The summed E-state index contributed by atoms with van der Waals surface area (Å²) >= 11 is 0. The van der Waals surface area contributed by atoms with Crippen LogP contribution in [0.4, 0.5) is 5.69 Å². The molecule has 3 nitrogen and oxygen atoms in total. The Labute approximate surface area is 84.1 Å². The second kappa shape index (κ2) is 4.46. The fourth-order valence-corrected chi connectivity index (χ4v) is 1.03. The zero-order valence-corrected chi connectivity index (χ0v) is 8.30. The molecule has 0 radical (unpaired) electrons. The van der Waals surface area contributed by atoms with Crippen molar-refractivity contribution in [3.8, 4) is 0 Å². The first-order valence-electron chi connectivity index (χ1n) is 4.52. The molecule has 0 heterocycles. The Kier molecular flexibility index (Phi) is 3.29. The molecule has 74 valence electrons. The lowest BCUT2D eigenvalue weighted by Crippen LogP contribution is -2.10. The molecule has 0 bridgehead atoms. The lowest BCUT2D eigenvalue weighted by Gasteiger charge is -2.07. The molecule has 0 spiro atoms. The quantitative estimate of drug-likeness (QED) is 0.502. The SMILES string of the molecule is C=C(CC)Nc1ccc(C(=N)N)cc1. The van der Waals surface area contributed by atoms with Crippen molar-refractivity contribution in [1.29, 1.82) is 5.41 Å². The zero-order chi connectivity index (χ0) is 10.6. The lowest BCUT2D eigenvalue weighted by atomic mass is 10.2. The molecular formula is C11H15N3. The molecule has 0 saturated heterocycles. The van der Waals surface area contributed by atoms with Crippen molar-refractivity contribution in [2.45, 2.75) is 13.3 Å². The van der Waals surface area contributed by atoms with Gasteiger partial charge in [0.15, 0.2) is 0 Å². The van der Waals surface area contributed by atoms with Crippen LogP contribution in [0.3, 0.4) is 0 Å². The molecule has 0 aromatic heterocycles. The van der Waals surface area contributed by atoms with Crippen LogP contribution in [-0.2, 0) is 0 Å². The largest absolute Gasteiger partial charge is 0.384 e.